The molecule has 0 aliphatic carbocycles. The third kappa shape index (κ3) is 13.6. The molecule has 7 atom stereocenters. The molecule has 50 heavy (non-hydrogen) atoms. The van der Waals surface area contributed by atoms with Gasteiger partial charge in [0.2, 0.25) is 5.91 Å². The number of amides is 3. The summed E-state index contributed by atoms with van der Waals surface area (Å²) in [5.41, 5.74) is 6.89. The summed E-state index contributed by atoms with van der Waals surface area (Å²) in [5, 5.41) is 18.9. The number of carbonyl (C=O) groups is 3. The summed E-state index contributed by atoms with van der Waals surface area (Å²) < 4.78 is 53.7. The van der Waals surface area contributed by atoms with Crippen molar-refractivity contribution in [1.29, 1.82) is 0 Å². The van der Waals surface area contributed by atoms with Crippen molar-refractivity contribution in [3.05, 3.63) is 18.1 Å². The van der Waals surface area contributed by atoms with Crippen molar-refractivity contribution in [2.45, 2.75) is 56.8 Å². The van der Waals surface area contributed by atoms with Gasteiger partial charge in [0.1, 0.15) is 36.4 Å². The molecule has 0 bridgehead atoms. The number of anilines is 1. The fraction of sp³-hybridized carbons (Fsp3) is 0.591. The van der Waals surface area contributed by atoms with Crippen LogP contribution in [0.25, 0.3) is 11.0 Å². The lowest BCUT2D eigenvalue weighted by Gasteiger charge is -2.19. The first-order valence-corrected chi connectivity index (χ1v) is 21.8. The maximum absolute atomic E-state index is 12.6. The molecular formula is C22H36N7O15P3S3. The van der Waals surface area contributed by atoms with Gasteiger partial charge in [-0.3, -0.25) is 9.32 Å². The number of ether oxygens (including phenoxy) is 1. The first kappa shape index (κ1) is 42.6. The van der Waals surface area contributed by atoms with E-state index in [-0.39, 0.29) is 48.6 Å². The van der Waals surface area contributed by atoms with Crippen LogP contribution >= 0.6 is 57.7 Å². The molecule has 3 rings (SSSR count). The molecule has 0 radical (unpaired) electrons. The number of aliphatic hydroxyl groups is 1. The molecule has 0 aromatic carbocycles. The number of fused-ring (bicyclic) bond motifs is 1. The van der Waals surface area contributed by atoms with Gasteiger partial charge in [0.25, 0.3) is 0 Å². The van der Waals surface area contributed by atoms with Crippen molar-refractivity contribution in [1.82, 2.24) is 30.5 Å². The second-order valence-corrected chi connectivity index (χ2v) is 17.8. The van der Waals surface area contributed by atoms with Gasteiger partial charge >= 0.3 is 29.5 Å². The molecule has 1 aliphatic heterocycles. The molecule has 282 valence electrons. The first-order chi connectivity index (χ1) is 23.3. The maximum Gasteiger partial charge on any atom is 0.490 e. The van der Waals surface area contributed by atoms with Crippen LogP contribution in [0.4, 0.5) is 10.6 Å². The van der Waals surface area contributed by atoms with E-state index in [0.29, 0.717) is 28.7 Å². The predicted octanol–water partition coefficient (Wildman–Crippen LogP) is 0.578. The Morgan fingerprint density at radius 1 is 1.18 bits per heavy atom. The molecule has 3 amide bonds. The van der Waals surface area contributed by atoms with E-state index in [4.69, 9.17) is 20.3 Å². The van der Waals surface area contributed by atoms with Gasteiger partial charge in [-0.2, -0.15) is 21.3 Å². The number of carbonyl (C=O) groups excluding carboxylic acids is 3. The lowest BCUT2D eigenvalue weighted by molar-refractivity contribution is -0.120. The van der Waals surface area contributed by atoms with Gasteiger partial charge in [-0.25, -0.2) is 28.5 Å². The van der Waals surface area contributed by atoms with Crippen LogP contribution in [0.1, 0.15) is 31.6 Å². The van der Waals surface area contributed by atoms with Crippen molar-refractivity contribution in [3.63, 3.8) is 0 Å². The number of nitrogens with zero attached hydrogens (tertiary/aromatic N) is 3. The van der Waals surface area contributed by atoms with Crippen LogP contribution in [0.15, 0.2) is 12.5 Å². The Bertz CT molecular complexity index is 1650. The van der Waals surface area contributed by atoms with Gasteiger partial charge in [-0.1, -0.05) is 21.6 Å². The monoisotopic (exact) mass is 827 g/mol. The minimum Gasteiger partial charge on any atom is -0.390 e. The minimum absolute atomic E-state index is 0.0204. The summed E-state index contributed by atoms with van der Waals surface area (Å²) in [6, 6.07) is -1.38. The molecule has 3 heterocycles. The second kappa shape index (κ2) is 18.8. The van der Waals surface area contributed by atoms with Crippen LogP contribution < -0.4 is 21.7 Å². The maximum atomic E-state index is 12.6. The van der Waals surface area contributed by atoms with E-state index in [1.54, 1.807) is 13.1 Å². The number of hydrogen-bond acceptors (Lipinski definition) is 17. The molecule has 2 aromatic rings. The summed E-state index contributed by atoms with van der Waals surface area (Å²) in [4.78, 5) is 79.9. The molecule has 0 saturated carbocycles. The van der Waals surface area contributed by atoms with E-state index >= 15 is 0 Å². The molecule has 22 nitrogen and oxygen atoms in total. The highest BCUT2D eigenvalue weighted by Crippen LogP contribution is 2.66. The summed E-state index contributed by atoms with van der Waals surface area (Å²) in [6.45, 7) is 0.955. The molecule has 1 fully saturated rings. The zero-order valence-corrected chi connectivity index (χ0v) is 31.1. The van der Waals surface area contributed by atoms with Gasteiger partial charge in [0, 0.05) is 54.4 Å². The van der Waals surface area contributed by atoms with Gasteiger partial charge in [-0.15, -0.1) is 0 Å². The van der Waals surface area contributed by atoms with E-state index in [0.717, 1.165) is 0 Å². The van der Waals surface area contributed by atoms with E-state index < -0.39 is 60.6 Å². The number of hydrogen-bond donors (Lipinski definition) is 10. The van der Waals surface area contributed by atoms with Gasteiger partial charge < -0.3 is 60.5 Å². The summed E-state index contributed by atoms with van der Waals surface area (Å²) in [6.07, 6.45) is -0.0907. The number of nitrogen functional groups attached to an aromatic ring is 1. The third-order valence-electron chi connectivity index (χ3n) is 6.39. The summed E-state index contributed by atoms with van der Waals surface area (Å²) in [7, 11) is -13.9. The van der Waals surface area contributed by atoms with Crippen molar-refractivity contribution >= 4 is 92.8 Å². The first-order valence-electron chi connectivity index (χ1n) is 14.2. The van der Waals surface area contributed by atoms with Crippen LogP contribution in [-0.4, -0.2) is 106 Å². The van der Waals surface area contributed by atoms with Crippen molar-refractivity contribution in [2.24, 2.45) is 0 Å². The standard InChI is InChI=1S/C22H36N7O15P3S3/c1-12(27-22(33)28-14(7-30)9-48)10-50-49-3-2-17(32)24-5-13-6-29(21-19(13)20(23)25-11-26-21)18-4-15(31)16(42-18)8-41-46(37,38)44-47(39,40)43-45(34,35)36/h6-7,11-12,14-16,18,31,48H,2-5,8-10H2,1H3,(H,24,32)(H,37,38)(H,39,40)(H2,23,25,26)(H2,27,28,33)(H2,34,35,36)/t12?,14-,15?,16?,18?/m1/s1. The highest BCUT2D eigenvalue weighted by molar-refractivity contribution is 8.76. The lowest BCUT2D eigenvalue weighted by atomic mass is 10.2. The molecule has 0 spiro atoms. The topological polar surface area (TPSA) is 333 Å². The van der Waals surface area contributed by atoms with E-state index in [1.165, 1.54) is 32.5 Å². The van der Waals surface area contributed by atoms with Gasteiger partial charge in [0.05, 0.1) is 24.1 Å². The number of rotatable bonds is 20. The number of nitrogens with two attached hydrogens (primary N) is 1. The number of phosphoric acid groups is 3. The number of urea groups is 1. The molecule has 1 saturated heterocycles. The van der Waals surface area contributed by atoms with E-state index in [2.05, 4.69) is 51.7 Å². The highest BCUT2D eigenvalue weighted by Gasteiger charge is 2.43. The van der Waals surface area contributed by atoms with Crippen LogP contribution in [0.2, 0.25) is 0 Å². The molecule has 28 heteroatoms. The Balaban J connectivity index is 1.52. The Labute approximate surface area is 297 Å². The van der Waals surface area contributed by atoms with E-state index in [9.17, 15) is 43.0 Å². The third-order valence-corrected chi connectivity index (χ3v) is 13.2. The second-order valence-electron chi connectivity index (χ2n) is 10.4. The zero-order chi connectivity index (χ0) is 37.3. The normalized spacial score (nSPS) is 21.5. The Kier molecular flexibility index (Phi) is 16.0. The lowest BCUT2D eigenvalue weighted by Crippen LogP contribution is -2.47. The Morgan fingerprint density at radius 3 is 2.56 bits per heavy atom. The number of phosphoric ester groups is 1. The average Bonchev–Trinajstić information content (AvgIpc) is 3.56. The van der Waals surface area contributed by atoms with Crippen LogP contribution in [-0.2, 0) is 47.7 Å². The largest absolute Gasteiger partial charge is 0.490 e. The molecule has 1 aliphatic rings. The molecule has 10 N–H and O–H groups in total. The van der Waals surface area contributed by atoms with Gasteiger partial charge in [-0.05, 0) is 6.92 Å². The minimum atomic E-state index is -5.73. The average molecular weight is 828 g/mol. The Morgan fingerprint density at radius 2 is 1.90 bits per heavy atom. The fourth-order valence-corrected chi connectivity index (χ4v) is 9.75. The Hall–Kier alpha value is -1.79. The van der Waals surface area contributed by atoms with Crippen molar-refractivity contribution in [2.75, 3.05) is 29.6 Å². The zero-order valence-electron chi connectivity index (χ0n) is 25.9. The molecule has 6 unspecified atom stereocenters. The quantitative estimate of drug-likeness (QED) is 0.0287. The van der Waals surface area contributed by atoms with Crippen LogP contribution in [0, 0.1) is 0 Å². The molecular weight excluding hydrogens is 791 g/mol. The number of aliphatic hydroxyl groups excluding tert-OH is 1. The van der Waals surface area contributed by atoms with Crippen LogP contribution in [0.3, 0.4) is 0 Å². The molecule has 2 aromatic heterocycles. The summed E-state index contributed by atoms with van der Waals surface area (Å²) in [5.74, 6) is 1.01. The van der Waals surface area contributed by atoms with Crippen molar-refractivity contribution in [3.8, 4) is 0 Å². The van der Waals surface area contributed by atoms with E-state index in [1.807, 2.05) is 0 Å². The fourth-order valence-electron chi connectivity index (χ4n) is 4.27. The van der Waals surface area contributed by atoms with Crippen molar-refractivity contribution < 1.29 is 70.6 Å². The number of thiol groups is 1. The van der Waals surface area contributed by atoms with Gasteiger partial charge in [0.15, 0.2) is 0 Å². The predicted molar refractivity (Wildman–Crippen MR) is 183 cm³/mol. The SMILES string of the molecule is CC(CSSCCC(=O)NCc1cn(C2CC(O)C(COP(=O)(O)OP(=O)(O)OP(=O)(O)O)O2)c2ncnc(N)c12)NC(=O)N[C@H](C=O)CS. The smallest absolute Gasteiger partial charge is 0.390 e. The van der Waals surface area contributed by atoms with Crippen LogP contribution in [0.5, 0.6) is 0 Å². The number of aromatic nitrogens is 3. The number of nitrogens with one attached hydrogen (secondary N) is 3. The number of aldehydes is 1. The summed E-state index contributed by atoms with van der Waals surface area (Å²) >= 11 is 3.98. The highest BCUT2D eigenvalue weighted by atomic mass is 33.1.